The Morgan fingerprint density at radius 2 is 1.90 bits per heavy atom. The molecule has 1 N–H and O–H groups in total. The molecule has 0 radical (unpaired) electrons. The molecule has 164 valence electrons. The third kappa shape index (κ3) is 4.35. The molecule has 1 aliphatic rings. The van der Waals surface area contributed by atoms with Crippen LogP contribution < -0.4 is 5.32 Å². The van der Waals surface area contributed by atoms with Crippen molar-refractivity contribution < 1.29 is 4.79 Å². The Morgan fingerprint density at radius 3 is 2.48 bits per heavy atom. The molecular weight excluding hydrogens is 386 g/mol. The summed E-state index contributed by atoms with van der Waals surface area (Å²) in [5.74, 6) is 0.395. The van der Waals surface area contributed by atoms with Crippen molar-refractivity contribution in [1.82, 2.24) is 25.0 Å². The number of carbonyl (C=O) groups is 1. The fourth-order valence-corrected chi connectivity index (χ4v) is 4.10. The predicted octanol–water partition coefficient (Wildman–Crippen LogP) is 4.40. The molecule has 1 atom stereocenters. The lowest BCUT2D eigenvalue weighted by atomic mass is 10.0. The summed E-state index contributed by atoms with van der Waals surface area (Å²) in [7, 11) is 4.08. The third-order valence-corrected chi connectivity index (χ3v) is 5.97. The van der Waals surface area contributed by atoms with Crippen LogP contribution in [-0.2, 0) is 5.54 Å². The number of fused-ring (bicyclic) bond motifs is 1. The molecule has 1 amide bonds. The van der Waals surface area contributed by atoms with E-state index in [1.165, 1.54) is 5.56 Å². The first-order chi connectivity index (χ1) is 14.7. The van der Waals surface area contributed by atoms with Crippen LogP contribution in [-0.4, -0.2) is 46.2 Å². The fourth-order valence-electron chi connectivity index (χ4n) is 4.10. The van der Waals surface area contributed by atoms with Crippen molar-refractivity contribution in [2.75, 3.05) is 20.6 Å². The Bertz CT molecular complexity index is 1090. The molecule has 6 heteroatoms. The van der Waals surface area contributed by atoms with Crippen LogP contribution in [0.15, 0.2) is 36.4 Å². The van der Waals surface area contributed by atoms with Crippen molar-refractivity contribution in [3.05, 3.63) is 58.9 Å². The standard InChI is InChI=1S/C25H33N5O/c1-16-22-19(24(31)26-15-21(29(5)6)18-10-8-7-9-11-18)14-20(17-12-13-17)27-23(22)30(28-16)25(2,3)4/h7-11,14,17,21H,12-13,15H2,1-6H3,(H,26,31). The summed E-state index contributed by atoms with van der Waals surface area (Å²) in [4.78, 5) is 20.5. The number of amides is 1. The van der Waals surface area contributed by atoms with Crippen LogP contribution >= 0.6 is 0 Å². The van der Waals surface area contributed by atoms with Crippen molar-refractivity contribution in [2.24, 2.45) is 0 Å². The quantitative estimate of drug-likeness (QED) is 0.643. The lowest BCUT2D eigenvalue weighted by Crippen LogP contribution is -2.34. The second-order valence-corrected chi connectivity index (χ2v) is 9.84. The van der Waals surface area contributed by atoms with Crippen molar-refractivity contribution in [3.63, 3.8) is 0 Å². The first-order valence-electron chi connectivity index (χ1n) is 11.1. The minimum absolute atomic E-state index is 0.0614. The Morgan fingerprint density at radius 1 is 1.23 bits per heavy atom. The van der Waals surface area contributed by atoms with Gasteiger partial charge in [-0.25, -0.2) is 9.67 Å². The molecule has 1 saturated carbocycles. The summed E-state index contributed by atoms with van der Waals surface area (Å²) < 4.78 is 1.97. The smallest absolute Gasteiger partial charge is 0.252 e. The van der Waals surface area contributed by atoms with E-state index < -0.39 is 0 Å². The average Bonchev–Trinajstić information content (AvgIpc) is 3.51. The van der Waals surface area contributed by atoms with Crippen LogP contribution in [0.25, 0.3) is 11.0 Å². The lowest BCUT2D eigenvalue weighted by Gasteiger charge is -2.25. The highest BCUT2D eigenvalue weighted by molar-refractivity contribution is 6.06. The minimum Gasteiger partial charge on any atom is -0.350 e. The molecule has 2 heterocycles. The van der Waals surface area contributed by atoms with Gasteiger partial charge in [-0.1, -0.05) is 30.3 Å². The molecule has 31 heavy (non-hydrogen) atoms. The Hall–Kier alpha value is -2.73. The normalized spacial score (nSPS) is 15.5. The summed E-state index contributed by atoms with van der Waals surface area (Å²) >= 11 is 0. The van der Waals surface area contributed by atoms with E-state index in [2.05, 4.69) is 43.1 Å². The van der Waals surface area contributed by atoms with Gasteiger partial charge in [0.2, 0.25) is 0 Å². The van der Waals surface area contributed by atoms with Gasteiger partial charge in [-0.05, 0) is 66.3 Å². The van der Waals surface area contributed by atoms with Gasteiger partial charge in [0.1, 0.15) is 0 Å². The van der Waals surface area contributed by atoms with Gasteiger partial charge < -0.3 is 10.2 Å². The number of hydrogen-bond donors (Lipinski definition) is 1. The first-order valence-corrected chi connectivity index (χ1v) is 11.1. The van der Waals surface area contributed by atoms with Gasteiger partial charge in [0.15, 0.2) is 5.65 Å². The Kier molecular flexibility index (Phi) is 5.60. The molecule has 6 nitrogen and oxygen atoms in total. The molecule has 1 fully saturated rings. The summed E-state index contributed by atoms with van der Waals surface area (Å²) in [6.07, 6.45) is 2.28. The second kappa shape index (κ2) is 8.08. The zero-order chi connectivity index (χ0) is 22.3. The van der Waals surface area contributed by atoms with Crippen LogP contribution in [0.5, 0.6) is 0 Å². The van der Waals surface area contributed by atoms with Gasteiger partial charge in [0.05, 0.1) is 28.2 Å². The van der Waals surface area contributed by atoms with Gasteiger partial charge in [0.25, 0.3) is 5.91 Å². The van der Waals surface area contributed by atoms with Crippen molar-refractivity contribution >= 4 is 16.9 Å². The monoisotopic (exact) mass is 419 g/mol. The minimum atomic E-state index is -0.210. The highest BCUT2D eigenvalue weighted by atomic mass is 16.1. The molecule has 1 unspecified atom stereocenters. The van der Waals surface area contributed by atoms with Crippen LogP contribution in [0.1, 0.15) is 72.9 Å². The molecule has 0 spiro atoms. The van der Waals surface area contributed by atoms with Crippen molar-refractivity contribution in [1.29, 1.82) is 0 Å². The topological polar surface area (TPSA) is 63.1 Å². The van der Waals surface area contributed by atoms with Crippen molar-refractivity contribution in [3.8, 4) is 0 Å². The van der Waals surface area contributed by atoms with E-state index in [9.17, 15) is 4.79 Å². The SMILES string of the molecule is Cc1nn(C(C)(C)C)c2nc(C3CC3)cc(C(=O)NCC(c3ccccc3)N(C)C)c12. The highest BCUT2D eigenvalue weighted by Gasteiger charge is 2.30. The second-order valence-electron chi connectivity index (χ2n) is 9.84. The molecule has 1 aromatic carbocycles. The largest absolute Gasteiger partial charge is 0.350 e. The number of nitrogens with one attached hydrogen (secondary N) is 1. The molecule has 1 aliphatic carbocycles. The van der Waals surface area contributed by atoms with E-state index in [0.29, 0.717) is 18.0 Å². The number of aromatic nitrogens is 3. The Balaban J connectivity index is 1.69. The number of benzene rings is 1. The predicted molar refractivity (Wildman–Crippen MR) is 124 cm³/mol. The van der Waals surface area contributed by atoms with Crippen LogP contribution in [0, 0.1) is 6.92 Å². The summed E-state index contributed by atoms with van der Waals surface area (Å²) in [6, 6.07) is 12.4. The number of carbonyl (C=O) groups excluding carboxylic acids is 1. The maximum atomic E-state index is 13.4. The third-order valence-electron chi connectivity index (χ3n) is 5.97. The number of likely N-dealkylation sites (N-methyl/N-ethyl adjacent to an activating group) is 1. The first kappa shape index (κ1) is 21.5. The summed E-state index contributed by atoms with van der Waals surface area (Å²) in [5, 5.41) is 8.81. The number of rotatable bonds is 6. The maximum absolute atomic E-state index is 13.4. The van der Waals surface area contributed by atoms with Gasteiger partial charge in [-0.2, -0.15) is 5.10 Å². The zero-order valence-electron chi connectivity index (χ0n) is 19.4. The van der Waals surface area contributed by atoms with Crippen molar-refractivity contribution in [2.45, 2.75) is 58.0 Å². The number of pyridine rings is 1. The van der Waals surface area contributed by atoms with E-state index in [4.69, 9.17) is 10.1 Å². The molecule has 0 aliphatic heterocycles. The number of nitrogens with zero attached hydrogens (tertiary/aromatic N) is 4. The highest BCUT2D eigenvalue weighted by Crippen LogP contribution is 2.41. The van der Waals surface area contributed by atoms with Gasteiger partial charge >= 0.3 is 0 Å². The Labute approximate surface area is 184 Å². The van der Waals surface area contributed by atoms with E-state index in [0.717, 1.165) is 35.3 Å². The van der Waals surface area contributed by atoms with Crippen LogP contribution in [0.3, 0.4) is 0 Å². The van der Waals surface area contributed by atoms with Gasteiger partial charge in [-0.15, -0.1) is 0 Å². The number of aryl methyl sites for hydroxylation is 1. The summed E-state index contributed by atoms with van der Waals surface area (Å²) in [5.41, 5.74) is 4.33. The molecular formula is C25H33N5O. The molecule has 2 aromatic heterocycles. The zero-order valence-corrected chi connectivity index (χ0v) is 19.4. The van der Waals surface area contributed by atoms with E-state index in [1.54, 1.807) is 0 Å². The van der Waals surface area contributed by atoms with Gasteiger partial charge in [-0.3, -0.25) is 4.79 Å². The van der Waals surface area contributed by atoms with Crippen LogP contribution in [0.4, 0.5) is 0 Å². The maximum Gasteiger partial charge on any atom is 0.252 e. The molecule has 3 aromatic rings. The van der Waals surface area contributed by atoms with Crippen LogP contribution in [0.2, 0.25) is 0 Å². The lowest BCUT2D eigenvalue weighted by molar-refractivity contribution is 0.0943. The molecule has 4 rings (SSSR count). The van der Waals surface area contributed by atoms with Gasteiger partial charge in [0, 0.05) is 18.2 Å². The van der Waals surface area contributed by atoms with E-state index >= 15 is 0 Å². The average molecular weight is 420 g/mol. The fraction of sp³-hybridized carbons (Fsp3) is 0.480. The summed E-state index contributed by atoms with van der Waals surface area (Å²) in [6.45, 7) is 8.85. The molecule has 0 saturated heterocycles. The number of hydrogen-bond acceptors (Lipinski definition) is 4. The van der Waals surface area contributed by atoms with E-state index in [1.807, 2.05) is 50.0 Å². The molecule has 0 bridgehead atoms. The van der Waals surface area contributed by atoms with E-state index in [-0.39, 0.29) is 17.5 Å².